The number of nitrogens with zero attached hydrogens (tertiary/aromatic N) is 1. The largest absolute Gasteiger partial charge is 0.395 e. The molecule has 3 rings (SSSR count). The molecule has 2 bridgehead atoms. The Labute approximate surface area is 137 Å². The van der Waals surface area contributed by atoms with Gasteiger partial charge in [0, 0.05) is 23.7 Å². The highest BCUT2D eigenvalue weighted by molar-refractivity contribution is 6.30. The molecule has 4 atom stereocenters. The van der Waals surface area contributed by atoms with Crippen LogP contribution in [-0.4, -0.2) is 35.6 Å². The lowest BCUT2D eigenvalue weighted by atomic mass is 9.80. The van der Waals surface area contributed by atoms with E-state index >= 15 is 0 Å². The number of benzene rings is 1. The molecule has 0 aromatic heterocycles. The maximum absolute atomic E-state index is 12.7. The molecule has 0 aliphatic heterocycles. The molecule has 4 heteroatoms. The summed E-state index contributed by atoms with van der Waals surface area (Å²) >= 11 is 5.89. The Morgan fingerprint density at radius 3 is 2.55 bits per heavy atom. The number of fused-ring (bicyclic) bond motifs is 2. The quantitative estimate of drug-likeness (QED) is 0.902. The van der Waals surface area contributed by atoms with E-state index in [9.17, 15) is 9.90 Å². The van der Waals surface area contributed by atoms with Crippen LogP contribution >= 0.6 is 11.6 Å². The van der Waals surface area contributed by atoms with E-state index in [-0.39, 0.29) is 12.5 Å². The molecule has 1 N–H and O–H groups in total. The lowest BCUT2D eigenvalue weighted by molar-refractivity contribution is 0.0633. The number of aliphatic hydroxyl groups is 1. The van der Waals surface area contributed by atoms with Gasteiger partial charge in [-0.2, -0.15) is 0 Å². The SMILES string of the molecule is CC1C(CN(CCO)C(=O)c2ccc(Cl)cc2)[C@@H]2CC[C@H]1C2. The van der Waals surface area contributed by atoms with Gasteiger partial charge in [0.15, 0.2) is 0 Å². The predicted octanol–water partition coefficient (Wildman–Crippen LogP) is 3.46. The zero-order chi connectivity index (χ0) is 15.7. The van der Waals surface area contributed by atoms with Gasteiger partial charge in [-0.1, -0.05) is 18.5 Å². The van der Waals surface area contributed by atoms with Crippen molar-refractivity contribution in [3.63, 3.8) is 0 Å². The highest BCUT2D eigenvalue weighted by Gasteiger charge is 2.45. The summed E-state index contributed by atoms with van der Waals surface area (Å²) in [5, 5.41) is 9.96. The van der Waals surface area contributed by atoms with Crippen molar-refractivity contribution in [2.24, 2.45) is 23.7 Å². The van der Waals surface area contributed by atoms with Crippen LogP contribution in [0, 0.1) is 23.7 Å². The van der Waals surface area contributed by atoms with Crippen molar-refractivity contribution in [1.82, 2.24) is 4.90 Å². The van der Waals surface area contributed by atoms with Crippen molar-refractivity contribution < 1.29 is 9.90 Å². The highest BCUT2D eigenvalue weighted by Crippen LogP contribution is 2.52. The van der Waals surface area contributed by atoms with Crippen LogP contribution in [0.15, 0.2) is 24.3 Å². The first-order valence-corrected chi connectivity index (χ1v) is 8.63. The first-order valence-electron chi connectivity index (χ1n) is 8.26. The molecule has 2 saturated carbocycles. The Kier molecular flexibility index (Phi) is 4.74. The van der Waals surface area contributed by atoms with E-state index in [0.717, 1.165) is 18.4 Å². The number of hydrogen-bond donors (Lipinski definition) is 1. The zero-order valence-electron chi connectivity index (χ0n) is 13.0. The van der Waals surface area contributed by atoms with Gasteiger partial charge in [-0.3, -0.25) is 4.79 Å². The Bertz CT molecular complexity index is 528. The van der Waals surface area contributed by atoms with E-state index in [4.69, 9.17) is 11.6 Å². The minimum atomic E-state index is 0.000639. The molecule has 1 aromatic rings. The van der Waals surface area contributed by atoms with Crippen molar-refractivity contribution in [2.75, 3.05) is 19.7 Å². The molecule has 1 amide bonds. The molecular formula is C18H24ClNO2. The van der Waals surface area contributed by atoms with Crippen LogP contribution in [0.4, 0.5) is 0 Å². The lowest BCUT2D eigenvalue weighted by Gasteiger charge is -2.33. The summed E-state index contributed by atoms with van der Waals surface area (Å²) in [5.74, 6) is 2.89. The van der Waals surface area contributed by atoms with Gasteiger partial charge >= 0.3 is 0 Å². The van der Waals surface area contributed by atoms with E-state index in [1.807, 2.05) is 4.90 Å². The van der Waals surface area contributed by atoms with Gasteiger partial charge in [-0.15, -0.1) is 0 Å². The Morgan fingerprint density at radius 2 is 1.95 bits per heavy atom. The average molecular weight is 322 g/mol. The molecule has 2 aliphatic carbocycles. The van der Waals surface area contributed by atoms with Crippen LogP contribution in [0.2, 0.25) is 5.02 Å². The fourth-order valence-electron chi connectivity index (χ4n) is 4.44. The summed E-state index contributed by atoms with van der Waals surface area (Å²) < 4.78 is 0. The molecule has 1 aromatic carbocycles. The lowest BCUT2D eigenvalue weighted by Crippen LogP contribution is -2.40. The van der Waals surface area contributed by atoms with E-state index in [1.165, 1.54) is 19.3 Å². The fourth-order valence-corrected chi connectivity index (χ4v) is 4.57. The maximum atomic E-state index is 12.7. The number of halogens is 1. The van der Waals surface area contributed by atoms with Gasteiger partial charge in [-0.25, -0.2) is 0 Å². The second-order valence-electron chi connectivity index (χ2n) is 6.84. The zero-order valence-corrected chi connectivity index (χ0v) is 13.8. The van der Waals surface area contributed by atoms with Gasteiger partial charge < -0.3 is 10.0 Å². The van der Waals surface area contributed by atoms with Crippen LogP contribution in [0.1, 0.15) is 36.5 Å². The average Bonchev–Trinajstić information content (AvgIpc) is 3.10. The normalized spacial score (nSPS) is 29.8. The van der Waals surface area contributed by atoms with Gasteiger partial charge in [0.2, 0.25) is 0 Å². The van der Waals surface area contributed by atoms with E-state index in [0.29, 0.717) is 29.0 Å². The smallest absolute Gasteiger partial charge is 0.253 e. The number of rotatable bonds is 5. The van der Waals surface area contributed by atoms with Crippen molar-refractivity contribution >= 4 is 17.5 Å². The van der Waals surface area contributed by atoms with Gasteiger partial charge in [0.25, 0.3) is 5.91 Å². The Morgan fingerprint density at radius 1 is 1.27 bits per heavy atom. The summed E-state index contributed by atoms with van der Waals surface area (Å²) in [5.41, 5.74) is 0.647. The minimum Gasteiger partial charge on any atom is -0.395 e. The molecule has 0 radical (unpaired) electrons. The third-order valence-electron chi connectivity index (χ3n) is 5.72. The third kappa shape index (κ3) is 3.02. The molecule has 22 heavy (non-hydrogen) atoms. The molecule has 2 fully saturated rings. The van der Waals surface area contributed by atoms with Gasteiger partial charge in [-0.05, 0) is 67.2 Å². The molecule has 0 spiro atoms. The second kappa shape index (κ2) is 6.59. The standard InChI is InChI=1S/C18H24ClNO2/c1-12-14-2-3-15(10-14)17(12)11-20(8-9-21)18(22)13-4-6-16(19)7-5-13/h4-7,12,14-15,17,21H,2-3,8-11H2,1H3/t12?,14-,15+,17?/m0/s1. The highest BCUT2D eigenvalue weighted by atomic mass is 35.5. The van der Waals surface area contributed by atoms with Crippen LogP contribution in [-0.2, 0) is 0 Å². The summed E-state index contributed by atoms with van der Waals surface area (Å²) in [6, 6.07) is 7.01. The predicted molar refractivity (Wildman–Crippen MR) is 87.9 cm³/mol. The summed E-state index contributed by atoms with van der Waals surface area (Å²) in [4.78, 5) is 14.5. The summed E-state index contributed by atoms with van der Waals surface area (Å²) in [6.07, 6.45) is 3.99. The molecule has 0 heterocycles. The second-order valence-corrected chi connectivity index (χ2v) is 7.27. The molecule has 3 nitrogen and oxygen atoms in total. The van der Waals surface area contributed by atoms with E-state index < -0.39 is 0 Å². The van der Waals surface area contributed by atoms with Gasteiger partial charge in [0.05, 0.1) is 6.61 Å². The van der Waals surface area contributed by atoms with Crippen molar-refractivity contribution in [3.8, 4) is 0 Å². The topological polar surface area (TPSA) is 40.5 Å². The van der Waals surface area contributed by atoms with Crippen LogP contribution in [0.5, 0.6) is 0 Å². The third-order valence-corrected chi connectivity index (χ3v) is 5.97. The summed E-state index contributed by atoms with van der Waals surface area (Å²) in [7, 11) is 0. The fraction of sp³-hybridized carbons (Fsp3) is 0.611. The molecular weight excluding hydrogens is 298 g/mol. The monoisotopic (exact) mass is 321 g/mol. The van der Waals surface area contributed by atoms with Crippen molar-refractivity contribution in [2.45, 2.75) is 26.2 Å². The number of aliphatic hydroxyl groups excluding tert-OH is 1. The van der Waals surface area contributed by atoms with E-state index in [1.54, 1.807) is 24.3 Å². The first kappa shape index (κ1) is 15.8. The van der Waals surface area contributed by atoms with E-state index in [2.05, 4.69) is 6.92 Å². The Balaban J connectivity index is 1.72. The van der Waals surface area contributed by atoms with Gasteiger partial charge in [0.1, 0.15) is 0 Å². The minimum absolute atomic E-state index is 0.000639. The molecule has 2 aliphatic rings. The molecule has 0 saturated heterocycles. The number of hydrogen-bond acceptors (Lipinski definition) is 2. The maximum Gasteiger partial charge on any atom is 0.253 e. The first-order chi connectivity index (χ1) is 10.6. The van der Waals surface area contributed by atoms with Crippen LogP contribution in [0.3, 0.4) is 0 Å². The molecule has 120 valence electrons. The Hall–Kier alpha value is -1.06. The molecule has 2 unspecified atom stereocenters. The van der Waals surface area contributed by atoms with Crippen LogP contribution < -0.4 is 0 Å². The van der Waals surface area contributed by atoms with Crippen molar-refractivity contribution in [3.05, 3.63) is 34.9 Å². The number of amides is 1. The number of carbonyl (C=O) groups is 1. The number of carbonyl (C=O) groups excluding carboxylic acids is 1. The summed E-state index contributed by atoms with van der Waals surface area (Å²) in [6.45, 7) is 3.51. The van der Waals surface area contributed by atoms with Crippen LogP contribution in [0.25, 0.3) is 0 Å². The van der Waals surface area contributed by atoms with Crippen molar-refractivity contribution in [1.29, 1.82) is 0 Å².